The van der Waals surface area contributed by atoms with Crippen LogP contribution in [-0.2, 0) is 17.8 Å². The molecule has 0 radical (unpaired) electrons. The van der Waals surface area contributed by atoms with Crippen LogP contribution in [0.3, 0.4) is 0 Å². The van der Waals surface area contributed by atoms with E-state index in [1.54, 1.807) is 23.2 Å². The summed E-state index contributed by atoms with van der Waals surface area (Å²) in [7, 11) is 0. The molecule has 1 aliphatic rings. The highest BCUT2D eigenvalue weighted by atomic mass is 16.2. The Morgan fingerprint density at radius 2 is 1.70 bits per heavy atom. The van der Waals surface area contributed by atoms with Crippen molar-refractivity contribution in [2.24, 2.45) is 0 Å². The van der Waals surface area contributed by atoms with Crippen LogP contribution in [0.4, 0.5) is 0 Å². The highest BCUT2D eigenvalue weighted by Gasteiger charge is 2.53. The van der Waals surface area contributed by atoms with Gasteiger partial charge in [0.2, 0.25) is 5.91 Å². The lowest BCUT2D eigenvalue weighted by Gasteiger charge is -2.38. The van der Waals surface area contributed by atoms with E-state index in [1.165, 1.54) is 5.56 Å². The summed E-state index contributed by atoms with van der Waals surface area (Å²) < 4.78 is 2.24. The largest absolute Gasteiger partial charge is 0.343 e. The molecule has 1 atom stereocenters. The number of carbonyl (C=O) groups excluding carboxylic acids is 2. The van der Waals surface area contributed by atoms with E-state index in [0.717, 1.165) is 35.9 Å². The van der Waals surface area contributed by atoms with Gasteiger partial charge in [-0.2, -0.15) is 0 Å². The second-order valence-corrected chi connectivity index (χ2v) is 10.2. The minimum Gasteiger partial charge on any atom is -0.343 e. The third kappa shape index (κ3) is 4.64. The van der Waals surface area contributed by atoms with Gasteiger partial charge in [-0.3, -0.25) is 14.6 Å². The highest BCUT2D eigenvalue weighted by molar-refractivity contribution is 5.99. The van der Waals surface area contributed by atoms with Crippen LogP contribution in [0, 0.1) is 0 Å². The maximum atomic E-state index is 13.9. The van der Waals surface area contributed by atoms with E-state index < -0.39 is 11.7 Å². The third-order valence-corrected chi connectivity index (χ3v) is 7.43. The van der Waals surface area contributed by atoms with E-state index in [1.807, 2.05) is 55.1 Å². The van der Waals surface area contributed by atoms with E-state index in [2.05, 4.69) is 46.9 Å². The Labute approximate surface area is 218 Å². The van der Waals surface area contributed by atoms with Crippen molar-refractivity contribution in [3.63, 3.8) is 0 Å². The summed E-state index contributed by atoms with van der Waals surface area (Å²) >= 11 is 0. The summed E-state index contributed by atoms with van der Waals surface area (Å²) in [4.78, 5) is 35.7. The normalized spacial score (nSPS) is 17.1. The van der Waals surface area contributed by atoms with Crippen LogP contribution in [0.5, 0.6) is 0 Å². The molecule has 1 aliphatic heterocycles. The third-order valence-electron chi connectivity index (χ3n) is 7.43. The first-order valence-electron chi connectivity index (χ1n) is 13.1. The van der Waals surface area contributed by atoms with Gasteiger partial charge < -0.3 is 14.4 Å². The molecule has 1 saturated heterocycles. The smallest absolute Gasteiger partial charge is 0.274 e. The van der Waals surface area contributed by atoms with Crippen LogP contribution in [0.1, 0.15) is 55.2 Å². The molecular weight excluding hydrogens is 460 g/mol. The number of hydrogen-bond acceptors (Lipinski definition) is 3. The van der Waals surface area contributed by atoms with Gasteiger partial charge in [0, 0.05) is 42.8 Å². The Bertz CT molecular complexity index is 1390. The Balaban J connectivity index is 1.54. The Kier molecular flexibility index (Phi) is 6.83. The molecule has 190 valence electrons. The monoisotopic (exact) mass is 494 g/mol. The number of rotatable bonds is 8. The molecule has 0 unspecified atom stereocenters. The van der Waals surface area contributed by atoms with Gasteiger partial charge in [0.25, 0.3) is 5.91 Å². The summed E-state index contributed by atoms with van der Waals surface area (Å²) in [5.41, 5.74) is 3.00. The molecule has 0 saturated carbocycles. The van der Waals surface area contributed by atoms with Gasteiger partial charge in [0.15, 0.2) is 0 Å². The number of nitrogens with zero attached hydrogens (tertiary/aromatic N) is 4. The van der Waals surface area contributed by atoms with Gasteiger partial charge in [0.1, 0.15) is 17.4 Å². The fraction of sp³-hybridized carbons (Fsp3) is 0.323. The first-order valence-corrected chi connectivity index (χ1v) is 13.1. The molecule has 2 amide bonds. The lowest BCUT2D eigenvalue weighted by molar-refractivity contribution is -0.131. The second kappa shape index (κ2) is 10.2. The number of unbranched alkanes of at least 4 members (excludes halogenated alkanes) is 1. The molecule has 3 heterocycles. The molecule has 5 rings (SSSR count). The minimum absolute atomic E-state index is 0.00243. The first kappa shape index (κ1) is 24.8. The molecule has 37 heavy (non-hydrogen) atoms. The highest BCUT2D eigenvalue weighted by Crippen LogP contribution is 2.36. The lowest BCUT2D eigenvalue weighted by Crippen LogP contribution is -2.53. The van der Waals surface area contributed by atoms with Crippen LogP contribution in [0.15, 0.2) is 85.2 Å². The zero-order valence-electron chi connectivity index (χ0n) is 21.8. The van der Waals surface area contributed by atoms with Crippen LogP contribution in [-0.4, -0.2) is 49.4 Å². The number of benzene rings is 2. The van der Waals surface area contributed by atoms with Crippen molar-refractivity contribution in [1.82, 2.24) is 19.4 Å². The molecule has 2 aromatic carbocycles. The fourth-order valence-electron chi connectivity index (χ4n) is 5.56. The molecule has 6 nitrogen and oxygen atoms in total. The van der Waals surface area contributed by atoms with Crippen molar-refractivity contribution in [2.75, 3.05) is 6.54 Å². The van der Waals surface area contributed by atoms with Crippen LogP contribution in [0.25, 0.3) is 10.9 Å². The predicted octanol–water partition coefficient (Wildman–Crippen LogP) is 5.52. The maximum absolute atomic E-state index is 13.9. The van der Waals surface area contributed by atoms with Crippen molar-refractivity contribution < 1.29 is 9.59 Å². The summed E-state index contributed by atoms with van der Waals surface area (Å²) in [5, 5.41) is 1.11. The summed E-state index contributed by atoms with van der Waals surface area (Å²) in [5.74, 6) is -0.210. The number of fused-ring (bicyclic) bond motifs is 1. The average molecular weight is 495 g/mol. The van der Waals surface area contributed by atoms with Crippen molar-refractivity contribution in [1.29, 1.82) is 0 Å². The molecule has 6 heteroatoms. The number of amides is 2. The van der Waals surface area contributed by atoms with Gasteiger partial charge in [-0.15, -0.1) is 0 Å². The second-order valence-electron chi connectivity index (χ2n) is 10.2. The average Bonchev–Trinajstić information content (AvgIpc) is 3.34. The SMILES string of the molecule is CCCCN1C(=O)[C@@H](Cc2cn(Cc3ccccc3)c3ccccc23)N(C(=O)c2ccccn2)C1(C)C. The van der Waals surface area contributed by atoms with Crippen molar-refractivity contribution in [3.05, 3.63) is 102 Å². The zero-order valence-corrected chi connectivity index (χ0v) is 21.8. The molecule has 0 bridgehead atoms. The van der Waals surface area contributed by atoms with E-state index in [0.29, 0.717) is 18.7 Å². The topological polar surface area (TPSA) is 58.4 Å². The molecule has 1 fully saturated rings. The quantitative estimate of drug-likeness (QED) is 0.324. The van der Waals surface area contributed by atoms with Gasteiger partial charge in [-0.1, -0.05) is 67.9 Å². The van der Waals surface area contributed by atoms with Gasteiger partial charge in [-0.25, -0.2) is 0 Å². The summed E-state index contributed by atoms with van der Waals surface area (Å²) in [6, 6.07) is 23.4. The van der Waals surface area contributed by atoms with Crippen LogP contribution >= 0.6 is 0 Å². The zero-order chi connectivity index (χ0) is 26.0. The molecular formula is C31H34N4O2. The van der Waals surface area contributed by atoms with E-state index >= 15 is 0 Å². The molecule has 0 N–H and O–H groups in total. The van der Waals surface area contributed by atoms with Crippen LogP contribution in [0.2, 0.25) is 0 Å². The molecule has 2 aromatic heterocycles. The fourth-order valence-corrected chi connectivity index (χ4v) is 5.56. The Morgan fingerprint density at radius 3 is 2.43 bits per heavy atom. The maximum Gasteiger partial charge on any atom is 0.274 e. The van der Waals surface area contributed by atoms with E-state index in [9.17, 15) is 9.59 Å². The van der Waals surface area contributed by atoms with E-state index in [-0.39, 0.29) is 11.8 Å². The number of pyridine rings is 1. The molecule has 0 aliphatic carbocycles. The Morgan fingerprint density at radius 1 is 0.973 bits per heavy atom. The lowest BCUT2D eigenvalue weighted by atomic mass is 10.0. The van der Waals surface area contributed by atoms with Crippen molar-refractivity contribution in [3.8, 4) is 0 Å². The number of hydrogen-bond donors (Lipinski definition) is 0. The van der Waals surface area contributed by atoms with Gasteiger partial charge in [-0.05, 0) is 49.6 Å². The number of carbonyl (C=O) groups is 2. The standard InChI is InChI=1S/C31H34N4O2/c1-4-5-19-34-30(37)28(35(31(34,2)3)29(36)26-16-11-12-18-32-26)20-24-22-33(21-23-13-7-6-8-14-23)27-17-10-9-15-25(24)27/h6-18,22,28H,4-5,19-21H2,1-3H3/t28-/m1/s1. The van der Waals surface area contributed by atoms with Crippen molar-refractivity contribution in [2.45, 2.75) is 58.3 Å². The predicted molar refractivity (Wildman–Crippen MR) is 146 cm³/mol. The van der Waals surface area contributed by atoms with E-state index in [4.69, 9.17) is 0 Å². The Hall–Kier alpha value is -3.93. The number of para-hydroxylation sites is 1. The van der Waals surface area contributed by atoms with Gasteiger partial charge in [0.05, 0.1) is 0 Å². The molecule has 0 spiro atoms. The minimum atomic E-state index is -0.756. The van der Waals surface area contributed by atoms with Gasteiger partial charge >= 0.3 is 0 Å². The first-order chi connectivity index (χ1) is 17.9. The number of aromatic nitrogens is 2. The van der Waals surface area contributed by atoms with Crippen LogP contribution < -0.4 is 0 Å². The summed E-state index contributed by atoms with van der Waals surface area (Å²) in [6.45, 7) is 7.43. The summed E-state index contributed by atoms with van der Waals surface area (Å²) in [6.07, 6.45) is 6.09. The van der Waals surface area contributed by atoms with Crippen molar-refractivity contribution >= 4 is 22.7 Å². The molecule has 4 aromatic rings.